The van der Waals surface area contributed by atoms with Crippen LogP contribution in [0.5, 0.6) is 0 Å². The number of amidine groups is 1. The number of benzene rings is 2. The molecule has 4 aromatic rings. The molecular formula is C38H37Cl2N7O4S. The third-order valence-corrected chi connectivity index (χ3v) is 11.4. The van der Waals surface area contributed by atoms with Crippen molar-refractivity contribution >= 4 is 64.0 Å². The van der Waals surface area contributed by atoms with Crippen LogP contribution in [0.3, 0.4) is 0 Å². The number of carbonyl (C=O) groups is 3. The van der Waals surface area contributed by atoms with E-state index in [1.165, 1.54) is 18.4 Å². The van der Waals surface area contributed by atoms with Gasteiger partial charge in [-0.05, 0) is 56.2 Å². The lowest BCUT2D eigenvalue weighted by Gasteiger charge is -2.38. The van der Waals surface area contributed by atoms with E-state index >= 15 is 0 Å². The number of amides is 2. The molecule has 2 amide bonds. The number of aromatic nitrogens is 2. The predicted molar refractivity (Wildman–Crippen MR) is 203 cm³/mol. The molecule has 2 saturated heterocycles. The third-order valence-electron chi connectivity index (χ3n) is 10.1. The second kappa shape index (κ2) is 14.4. The standard InChI is InChI=1S/C38H37Cl2N7O4S/c1-22(48)38(2,3)25-8-5-23(6-9-25)24-7-12-31(42-18-24)47-20-27-19-45(14-15-46(27)37(47)50)21-30-32(36(49)51-4)33(28-11-10-26(39)17-29(28)40)44-34(43-30)35-41-13-16-52-35/h5-13,16-18,27,33H,14-15,19-21H2,1-4H3,(H,43,44)/t27-,33-/m0/s1. The number of esters is 1. The minimum absolute atomic E-state index is 0.0818. The van der Waals surface area contributed by atoms with Gasteiger partial charge >= 0.3 is 12.0 Å². The highest BCUT2D eigenvalue weighted by molar-refractivity contribution is 7.11. The number of fused-ring (bicyclic) bond motifs is 1. The van der Waals surface area contributed by atoms with Gasteiger partial charge in [0.2, 0.25) is 0 Å². The fraction of sp³-hybridized carbons (Fsp3) is 0.316. The lowest BCUT2D eigenvalue weighted by molar-refractivity contribution is -0.136. The molecule has 0 unspecified atom stereocenters. The predicted octanol–water partition coefficient (Wildman–Crippen LogP) is 6.52. The van der Waals surface area contributed by atoms with Gasteiger partial charge in [0.15, 0.2) is 10.8 Å². The molecule has 7 rings (SSSR count). The van der Waals surface area contributed by atoms with Crippen molar-refractivity contribution in [1.82, 2.24) is 25.1 Å². The van der Waals surface area contributed by atoms with Crippen LogP contribution in [-0.4, -0.2) is 89.3 Å². The maximum Gasteiger partial charge on any atom is 0.338 e. The van der Waals surface area contributed by atoms with E-state index in [0.29, 0.717) is 76.3 Å². The molecule has 2 atom stereocenters. The number of thiazole rings is 1. The summed E-state index contributed by atoms with van der Waals surface area (Å²) >= 11 is 14.3. The van der Waals surface area contributed by atoms with Crippen molar-refractivity contribution in [2.75, 3.05) is 44.7 Å². The van der Waals surface area contributed by atoms with Crippen LogP contribution in [0.2, 0.25) is 10.0 Å². The number of methoxy groups -OCH3 is 1. The van der Waals surface area contributed by atoms with Crippen LogP contribution < -0.4 is 10.2 Å². The highest BCUT2D eigenvalue weighted by atomic mass is 35.5. The van der Waals surface area contributed by atoms with Gasteiger partial charge in [0, 0.05) is 76.2 Å². The zero-order valence-corrected chi connectivity index (χ0v) is 31.4. The van der Waals surface area contributed by atoms with E-state index in [-0.39, 0.29) is 17.9 Å². The number of aliphatic imine (C=N–C) groups is 1. The number of rotatable bonds is 9. The summed E-state index contributed by atoms with van der Waals surface area (Å²) in [6.45, 7) is 8.00. The molecule has 52 heavy (non-hydrogen) atoms. The maximum atomic E-state index is 13.6. The van der Waals surface area contributed by atoms with E-state index in [0.717, 1.165) is 16.7 Å². The first-order valence-electron chi connectivity index (χ1n) is 16.8. The van der Waals surface area contributed by atoms with Crippen molar-refractivity contribution in [2.24, 2.45) is 4.99 Å². The average molecular weight is 759 g/mol. The van der Waals surface area contributed by atoms with E-state index < -0.39 is 17.4 Å². The topological polar surface area (TPSA) is 120 Å². The van der Waals surface area contributed by atoms with Crippen LogP contribution in [0.4, 0.5) is 10.6 Å². The van der Waals surface area contributed by atoms with Crippen LogP contribution in [0.25, 0.3) is 11.1 Å². The van der Waals surface area contributed by atoms with Crippen LogP contribution >= 0.6 is 34.5 Å². The largest absolute Gasteiger partial charge is 0.466 e. The second-order valence-electron chi connectivity index (χ2n) is 13.5. The minimum atomic E-state index is -0.753. The van der Waals surface area contributed by atoms with Gasteiger partial charge in [0.1, 0.15) is 17.6 Å². The van der Waals surface area contributed by atoms with Crippen LogP contribution in [0.1, 0.15) is 42.9 Å². The van der Waals surface area contributed by atoms with Gasteiger partial charge in [0.05, 0.1) is 25.3 Å². The molecule has 11 nitrogen and oxygen atoms in total. The van der Waals surface area contributed by atoms with E-state index in [1.54, 1.807) is 42.4 Å². The number of pyridine rings is 1. The molecule has 0 radical (unpaired) electrons. The molecular weight excluding hydrogens is 721 g/mol. The number of nitrogens with one attached hydrogen (secondary N) is 1. The number of urea groups is 1. The summed E-state index contributed by atoms with van der Waals surface area (Å²) in [5.74, 6) is 0.699. The quantitative estimate of drug-likeness (QED) is 0.192. The molecule has 2 fully saturated rings. The Morgan fingerprint density at radius 1 is 1.02 bits per heavy atom. The zero-order valence-electron chi connectivity index (χ0n) is 29.1. The smallest absolute Gasteiger partial charge is 0.338 e. The van der Waals surface area contributed by atoms with Crippen LogP contribution in [-0.2, 0) is 19.7 Å². The van der Waals surface area contributed by atoms with Gasteiger partial charge in [-0.25, -0.2) is 19.6 Å². The Morgan fingerprint density at radius 2 is 1.79 bits per heavy atom. The summed E-state index contributed by atoms with van der Waals surface area (Å²) in [4.78, 5) is 59.0. The number of halogens is 2. The minimum Gasteiger partial charge on any atom is -0.466 e. The number of anilines is 1. The molecule has 3 aliphatic rings. The van der Waals surface area contributed by atoms with Crippen molar-refractivity contribution < 1.29 is 19.1 Å². The van der Waals surface area contributed by atoms with Crippen molar-refractivity contribution in [1.29, 1.82) is 0 Å². The van der Waals surface area contributed by atoms with E-state index in [9.17, 15) is 14.4 Å². The highest BCUT2D eigenvalue weighted by Gasteiger charge is 2.43. The number of ketones is 1. The van der Waals surface area contributed by atoms with Gasteiger partial charge < -0.3 is 15.0 Å². The molecule has 3 aliphatic heterocycles. The first kappa shape index (κ1) is 35.8. The number of ether oxygens (including phenoxy) is 1. The van der Waals surface area contributed by atoms with Gasteiger partial charge in [-0.3, -0.25) is 19.6 Å². The Labute approximate surface area is 315 Å². The van der Waals surface area contributed by atoms with E-state index in [4.69, 9.17) is 32.9 Å². The Kier molecular flexibility index (Phi) is 9.92. The van der Waals surface area contributed by atoms with Crippen molar-refractivity contribution in [2.45, 2.75) is 38.3 Å². The maximum absolute atomic E-state index is 13.6. The lowest BCUT2D eigenvalue weighted by atomic mass is 9.81. The molecule has 14 heteroatoms. The molecule has 5 heterocycles. The lowest BCUT2D eigenvalue weighted by Crippen LogP contribution is -2.53. The number of nitrogens with zero attached hydrogens (tertiary/aromatic N) is 6. The Hall–Kier alpha value is -4.62. The average Bonchev–Trinajstić information content (AvgIpc) is 3.80. The van der Waals surface area contributed by atoms with Crippen molar-refractivity contribution in [3.05, 3.63) is 110 Å². The highest BCUT2D eigenvalue weighted by Crippen LogP contribution is 2.38. The number of carbonyl (C=O) groups excluding carboxylic acids is 3. The third kappa shape index (κ3) is 6.83. The number of piperazine rings is 1. The molecule has 1 N–H and O–H groups in total. The fourth-order valence-electron chi connectivity index (χ4n) is 6.80. The summed E-state index contributed by atoms with van der Waals surface area (Å²) in [6.07, 6.45) is 3.48. The summed E-state index contributed by atoms with van der Waals surface area (Å²) in [5, 5.41) is 6.78. The summed E-state index contributed by atoms with van der Waals surface area (Å²) in [5.41, 5.74) is 3.89. The number of Topliss-reactive ketones (excluding diaryl/α,β-unsaturated/α-hetero) is 1. The summed E-state index contributed by atoms with van der Waals surface area (Å²) < 4.78 is 5.28. The number of hydrogen-bond donors (Lipinski definition) is 1. The number of hydrogen-bond acceptors (Lipinski definition) is 10. The summed E-state index contributed by atoms with van der Waals surface area (Å²) in [7, 11) is 1.35. The summed E-state index contributed by atoms with van der Waals surface area (Å²) in [6, 6.07) is 16.0. The molecule has 0 aliphatic carbocycles. The molecule has 2 aromatic heterocycles. The van der Waals surface area contributed by atoms with E-state index in [1.807, 2.05) is 60.5 Å². The molecule has 268 valence electrons. The first-order chi connectivity index (χ1) is 24.9. The van der Waals surface area contributed by atoms with Crippen molar-refractivity contribution in [3.8, 4) is 11.1 Å². The normalized spacial score (nSPS) is 19.3. The monoisotopic (exact) mass is 757 g/mol. The van der Waals surface area contributed by atoms with Gasteiger partial charge in [-0.2, -0.15) is 0 Å². The second-order valence-corrected chi connectivity index (χ2v) is 15.3. The molecule has 0 bridgehead atoms. The van der Waals surface area contributed by atoms with E-state index in [2.05, 4.69) is 20.2 Å². The Morgan fingerprint density at radius 3 is 2.44 bits per heavy atom. The first-order valence-corrected chi connectivity index (χ1v) is 18.5. The Bertz CT molecular complexity index is 2080. The van der Waals surface area contributed by atoms with Gasteiger partial charge in [-0.1, -0.05) is 53.5 Å². The molecule has 0 spiro atoms. The van der Waals surface area contributed by atoms with Crippen LogP contribution in [0.15, 0.2) is 88.6 Å². The Balaban J connectivity index is 1.09. The fourth-order valence-corrected chi connectivity index (χ4v) is 7.90. The SMILES string of the molecule is COC(=O)C1=C(CN2CCN3C(=O)N(c4ccc(-c5ccc(C(C)(C)C(C)=O)cc5)cn4)C[C@@H]3C2)NC(c2nccs2)=N[C@H]1c1ccc(Cl)cc1Cl. The zero-order chi connectivity index (χ0) is 36.7. The van der Waals surface area contributed by atoms with Crippen molar-refractivity contribution in [3.63, 3.8) is 0 Å². The van der Waals surface area contributed by atoms with Crippen LogP contribution in [0, 0.1) is 0 Å². The van der Waals surface area contributed by atoms with Gasteiger partial charge in [0.25, 0.3) is 0 Å². The molecule has 2 aromatic carbocycles. The van der Waals surface area contributed by atoms with Gasteiger partial charge in [-0.15, -0.1) is 11.3 Å². The molecule has 0 saturated carbocycles.